The van der Waals surface area contributed by atoms with Gasteiger partial charge in [0.25, 0.3) is 0 Å². The van der Waals surface area contributed by atoms with Crippen LogP contribution in [-0.4, -0.2) is 41.8 Å². The van der Waals surface area contributed by atoms with Crippen LogP contribution in [-0.2, 0) is 9.47 Å². The van der Waals surface area contributed by atoms with Crippen LogP contribution in [0.5, 0.6) is 0 Å². The Hall–Kier alpha value is -1.98. The largest absolute Gasteiger partial charge is 0.465 e. The monoisotopic (exact) mass is 323 g/mol. The maximum Gasteiger partial charge on any atom is 0.410 e. The van der Waals surface area contributed by atoms with Crippen LogP contribution in [0.1, 0.15) is 54.6 Å². The minimum atomic E-state index is -0.533. The third kappa shape index (κ3) is 4.06. The van der Waals surface area contributed by atoms with E-state index in [0.29, 0.717) is 30.8 Å². The van der Waals surface area contributed by atoms with E-state index in [2.05, 4.69) is 0 Å². The van der Waals surface area contributed by atoms with Crippen molar-refractivity contribution in [2.75, 3.05) is 13.1 Å². The molecule has 0 N–H and O–H groups in total. The van der Waals surface area contributed by atoms with Gasteiger partial charge in [-0.3, -0.25) is 0 Å². The Balaban J connectivity index is 1.95. The highest BCUT2D eigenvalue weighted by Crippen LogP contribution is 2.24. The van der Waals surface area contributed by atoms with Gasteiger partial charge in [-0.1, -0.05) is 0 Å². The first-order valence-electron chi connectivity index (χ1n) is 7.84. The molecule has 0 saturated carbocycles. The van der Waals surface area contributed by atoms with Gasteiger partial charge in [0.1, 0.15) is 28.8 Å². The van der Waals surface area contributed by atoms with E-state index in [0.717, 1.165) is 11.3 Å². The maximum absolute atomic E-state index is 12.3. The lowest BCUT2D eigenvalue weighted by Gasteiger charge is -2.24. The number of hydrogen-bond acceptors (Lipinski definition) is 5. The minimum absolute atomic E-state index is 0.316. The second kappa shape index (κ2) is 6.26. The molecule has 1 atom stereocenters. The van der Waals surface area contributed by atoms with Crippen LogP contribution in [0.25, 0.3) is 0 Å². The molecule has 0 radical (unpaired) electrons. The third-order valence-corrected chi connectivity index (χ3v) is 3.84. The van der Waals surface area contributed by atoms with Gasteiger partial charge < -0.3 is 18.8 Å². The molecule has 1 saturated heterocycles. The van der Waals surface area contributed by atoms with Crippen molar-refractivity contribution in [2.24, 2.45) is 0 Å². The summed E-state index contributed by atoms with van der Waals surface area (Å²) in [6, 6.07) is 0. The fourth-order valence-corrected chi connectivity index (χ4v) is 2.62. The second-order valence-electron chi connectivity index (χ2n) is 6.96. The van der Waals surface area contributed by atoms with E-state index >= 15 is 0 Å². The Morgan fingerprint density at radius 1 is 1.17 bits per heavy atom. The highest BCUT2D eigenvalue weighted by Gasteiger charge is 2.33. The molecule has 128 valence electrons. The molecule has 0 unspecified atom stereocenters. The zero-order chi connectivity index (χ0) is 17.4. The quantitative estimate of drug-likeness (QED) is 0.781. The maximum atomic E-state index is 12.3. The molecule has 1 amide bonds. The molecule has 1 aliphatic heterocycles. The number of esters is 1. The van der Waals surface area contributed by atoms with Gasteiger partial charge in [-0.2, -0.15) is 0 Å². The van der Waals surface area contributed by atoms with Crippen molar-refractivity contribution in [2.45, 2.75) is 59.7 Å². The Labute approximate surface area is 136 Å². The van der Waals surface area contributed by atoms with Crippen molar-refractivity contribution in [3.63, 3.8) is 0 Å². The number of ether oxygens (including phenoxy) is 2. The first-order valence-corrected chi connectivity index (χ1v) is 7.84. The van der Waals surface area contributed by atoms with Crippen molar-refractivity contribution in [1.29, 1.82) is 0 Å². The normalized spacial score (nSPS) is 18.2. The number of rotatable bonds is 2. The molecule has 0 aromatic carbocycles. The van der Waals surface area contributed by atoms with Crippen LogP contribution in [0.4, 0.5) is 4.79 Å². The smallest absolute Gasteiger partial charge is 0.410 e. The lowest BCUT2D eigenvalue weighted by Crippen LogP contribution is -2.36. The van der Waals surface area contributed by atoms with E-state index in [1.165, 1.54) is 0 Å². The van der Waals surface area contributed by atoms with Gasteiger partial charge in [0.2, 0.25) is 0 Å². The molecule has 1 aromatic rings. The van der Waals surface area contributed by atoms with Crippen molar-refractivity contribution in [1.82, 2.24) is 4.90 Å². The van der Waals surface area contributed by atoms with Crippen LogP contribution in [0.2, 0.25) is 0 Å². The second-order valence-corrected chi connectivity index (χ2v) is 6.96. The highest BCUT2D eigenvalue weighted by atomic mass is 16.6. The molecule has 2 rings (SSSR count). The van der Waals surface area contributed by atoms with Gasteiger partial charge in [-0.25, -0.2) is 9.59 Å². The SMILES string of the molecule is Cc1oc(C)c(C(=O)O[C@H]2CCN(C(=O)OC(C)(C)C)C2)c1C. The van der Waals surface area contributed by atoms with Gasteiger partial charge in [0.05, 0.1) is 6.54 Å². The molecule has 1 aliphatic rings. The third-order valence-electron chi connectivity index (χ3n) is 3.84. The number of aryl methyl sites for hydroxylation is 2. The molecule has 1 fully saturated rings. The number of furan rings is 1. The summed E-state index contributed by atoms with van der Waals surface area (Å²) >= 11 is 0. The molecule has 2 heterocycles. The summed E-state index contributed by atoms with van der Waals surface area (Å²) in [5, 5.41) is 0. The lowest BCUT2D eigenvalue weighted by molar-refractivity contribution is 0.0190. The molecule has 6 heteroatoms. The van der Waals surface area contributed by atoms with E-state index in [1.807, 2.05) is 34.6 Å². The Bertz CT molecular complexity index is 611. The Morgan fingerprint density at radius 3 is 2.35 bits per heavy atom. The predicted octanol–water partition coefficient (Wildman–Crippen LogP) is 3.37. The first-order chi connectivity index (χ1) is 10.6. The molecule has 23 heavy (non-hydrogen) atoms. The van der Waals surface area contributed by atoms with Crippen molar-refractivity contribution >= 4 is 12.1 Å². The number of hydrogen-bond donors (Lipinski definition) is 0. The summed E-state index contributed by atoms with van der Waals surface area (Å²) in [5.74, 6) is 0.885. The van der Waals surface area contributed by atoms with Crippen LogP contribution >= 0.6 is 0 Å². The molecule has 0 bridgehead atoms. The zero-order valence-corrected chi connectivity index (χ0v) is 14.7. The van der Waals surface area contributed by atoms with E-state index in [1.54, 1.807) is 11.8 Å². The molecule has 0 spiro atoms. The summed E-state index contributed by atoms with van der Waals surface area (Å²) < 4.78 is 16.3. The predicted molar refractivity (Wildman–Crippen MR) is 84.5 cm³/mol. The molecule has 0 aliphatic carbocycles. The minimum Gasteiger partial charge on any atom is -0.465 e. The van der Waals surface area contributed by atoms with Gasteiger partial charge >= 0.3 is 12.1 Å². The highest BCUT2D eigenvalue weighted by molar-refractivity contribution is 5.92. The summed E-state index contributed by atoms with van der Waals surface area (Å²) in [4.78, 5) is 25.9. The standard InChI is InChI=1S/C17H25NO5/c1-10-11(2)21-12(3)14(10)15(19)22-13-7-8-18(9-13)16(20)23-17(4,5)6/h13H,7-9H2,1-6H3/t13-/m0/s1. The first kappa shape index (κ1) is 17.4. The number of carbonyl (C=O) groups is 2. The zero-order valence-electron chi connectivity index (χ0n) is 14.7. The number of nitrogens with zero attached hydrogens (tertiary/aromatic N) is 1. The van der Waals surface area contributed by atoms with Crippen molar-refractivity contribution in [3.8, 4) is 0 Å². The summed E-state index contributed by atoms with van der Waals surface area (Å²) in [5.41, 5.74) is 0.752. The van der Waals surface area contributed by atoms with Crippen molar-refractivity contribution in [3.05, 3.63) is 22.6 Å². The average molecular weight is 323 g/mol. The summed E-state index contributed by atoms with van der Waals surface area (Å²) in [6.07, 6.45) is -0.0773. The van der Waals surface area contributed by atoms with Crippen LogP contribution < -0.4 is 0 Å². The molecule has 6 nitrogen and oxygen atoms in total. The topological polar surface area (TPSA) is 69.0 Å². The number of carbonyl (C=O) groups excluding carboxylic acids is 2. The summed E-state index contributed by atoms with van der Waals surface area (Å²) in [7, 11) is 0. The summed E-state index contributed by atoms with van der Waals surface area (Å²) in [6.45, 7) is 11.8. The Kier molecular flexibility index (Phi) is 4.73. The van der Waals surface area contributed by atoms with Gasteiger partial charge in [-0.05, 0) is 41.5 Å². The van der Waals surface area contributed by atoms with E-state index < -0.39 is 11.6 Å². The van der Waals surface area contributed by atoms with Gasteiger partial charge in [-0.15, -0.1) is 0 Å². The van der Waals surface area contributed by atoms with E-state index in [4.69, 9.17) is 13.9 Å². The van der Waals surface area contributed by atoms with Gasteiger partial charge in [0.15, 0.2) is 0 Å². The van der Waals surface area contributed by atoms with Crippen LogP contribution in [0, 0.1) is 20.8 Å². The van der Waals surface area contributed by atoms with E-state index in [9.17, 15) is 9.59 Å². The average Bonchev–Trinajstić information content (AvgIpc) is 2.93. The fraction of sp³-hybridized carbons (Fsp3) is 0.647. The number of amides is 1. The molecule has 1 aromatic heterocycles. The number of likely N-dealkylation sites (tertiary alicyclic amines) is 1. The van der Waals surface area contributed by atoms with E-state index in [-0.39, 0.29) is 12.2 Å². The van der Waals surface area contributed by atoms with Crippen molar-refractivity contribution < 1.29 is 23.5 Å². The van der Waals surface area contributed by atoms with Crippen LogP contribution in [0.15, 0.2) is 4.42 Å². The molecular formula is C17H25NO5. The molecular weight excluding hydrogens is 298 g/mol. The van der Waals surface area contributed by atoms with Gasteiger partial charge in [0, 0.05) is 18.5 Å². The fourth-order valence-electron chi connectivity index (χ4n) is 2.62. The lowest BCUT2D eigenvalue weighted by atomic mass is 10.1. The van der Waals surface area contributed by atoms with Crippen LogP contribution in [0.3, 0.4) is 0 Å². The Morgan fingerprint density at radius 2 is 1.83 bits per heavy atom.